The van der Waals surface area contributed by atoms with Crippen LogP contribution in [0.1, 0.15) is 58.2 Å². The van der Waals surface area contributed by atoms with Crippen LogP contribution >= 0.6 is 0 Å². The fourth-order valence-electron chi connectivity index (χ4n) is 3.41. The summed E-state index contributed by atoms with van der Waals surface area (Å²) < 4.78 is 45.5. The topological polar surface area (TPSA) is 32.8 Å². The van der Waals surface area contributed by atoms with Crippen LogP contribution in [0.5, 0.6) is 0 Å². The summed E-state index contributed by atoms with van der Waals surface area (Å²) in [6.07, 6.45) is -4.13. The number of halogens is 3. The minimum Gasteiger partial charge on any atom is -0.444 e. The second-order valence-corrected chi connectivity index (χ2v) is 10.0. The van der Waals surface area contributed by atoms with Gasteiger partial charge in [-0.1, -0.05) is 26.8 Å². The second-order valence-electron chi connectivity index (χ2n) is 10.0. The minimum atomic E-state index is -4.36. The highest BCUT2D eigenvalue weighted by atomic mass is 19.4. The van der Waals surface area contributed by atoms with Gasteiger partial charge in [0.2, 0.25) is 0 Å². The summed E-state index contributed by atoms with van der Waals surface area (Å²) in [6, 6.07) is 4.38. The van der Waals surface area contributed by atoms with Gasteiger partial charge < -0.3 is 9.64 Å². The fraction of sp³-hybridized carbons (Fsp3) is 0.682. The molecule has 7 heteroatoms. The van der Waals surface area contributed by atoms with Crippen LogP contribution in [-0.4, -0.2) is 47.7 Å². The molecular formula is C22H33F3N2O2. The Morgan fingerprint density at radius 1 is 0.931 bits per heavy atom. The molecule has 4 nitrogen and oxygen atoms in total. The molecule has 1 aromatic rings. The van der Waals surface area contributed by atoms with E-state index in [1.165, 1.54) is 12.1 Å². The summed E-state index contributed by atoms with van der Waals surface area (Å²) in [4.78, 5) is 15.9. The maximum Gasteiger partial charge on any atom is 0.416 e. The van der Waals surface area contributed by atoms with Crippen LogP contribution in [0.2, 0.25) is 0 Å². The standard InChI is InChI=1S/C22H33F3N2O2/c1-20(2,3)14-16-11-17(13-18(12-16)22(23,24)25)15-26-7-9-27(10-8-26)19(28)29-21(4,5)6/h11-13H,7-10,14-15H2,1-6H3. The third-order valence-electron chi connectivity index (χ3n) is 4.54. The highest BCUT2D eigenvalue weighted by molar-refractivity contribution is 5.68. The van der Waals surface area contributed by atoms with Gasteiger partial charge in [-0.3, -0.25) is 4.90 Å². The number of rotatable bonds is 3. The predicted octanol–water partition coefficient (Wildman–Crippen LogP) is 5.35. The molecule has 0 unspecified atom stereocenters. The number of benzene rings is 1. The van der Waals surface area contributed by atoms with Gasteiger partial charge >= 0.3 is 12.3 Å². The van der Waals surface area contributed by atoms with Gasteiger partial charge in [-0.2, -0.15) is 13.2 Å². The van der Waals surface area contributed by atoms with E-state index in [1.807, 2.05) is 47.6 Å². The van der Waals surface area contributed by atoms with Crippen LogP contribution in [0.4, 0.5) is 18.0 Å². The normalized spacial score (nSPS) is 16.8. The minimum absolute atomic E-state index is 0.0967. The summed E-state index contributed by atoms with van der Waals surface area (Å²) in [7, 11) is 0. The van der Waals surface area contributed by atoms with Crippen LogP contribution in [-0.2, 0) is 23.9 Å². The van der Waals surface area contributed by atoms with Crippen LogP contribution in [0.15, 0.2) is 18.2 Å². The molecule has 164 valence electrons. The first-order valence-corrected chi connectivity index (χ1v) is 10.0. The van der Waals surface area contributed by atoms with Crippen molar-refractivity contribution in [3.8, 4) is 0 Å². The average Bonchev–Trinajstić information content (AvgIpc) is 2.51. The molecule has 1 saturated heterocycles. The van der Waals surface area contributed by atoms with Gasteiger partial charge in [0, 0.05) is 32.7 Å². The molecule has 0 aromatic heterocycles. The third kappa shape index (κ3) is 7.88. The third-order valence-corrected chi connectivity index (χ3v) is 4.54. The average molecular weight is 415 g/mol. The van der Waals surface area contributed by atoms with E-state index >= 15 is 0 Å². The number of piperazine rings is 1. The number of hydrogen-bond donors (Lipinski definition) is 0. The van der Waals surface area contributed by atoms with Crippen molar-refractivity contribution in [3.05, 3.63) is 34.9 Å². The van der Waals surface area contributed by atoms with E-state index < -0.39 is 17.3 Å². The molecule has 1 aromatic carbocycles. The molecule has 1 amide bonds. The second kappa shape index (κ2) is 8.54. The molecule has 1 aliphatic heterocycles. The highest BCUT2D eigenvalue weighted by Crippen LogP contribution is 2.32. The summed E-state index contributed by atoms with van der Waals surface area (Å²) in [5.74, 6) is 0. The van der Waals surface area contributed by atoms with Crippen molar-refractivity contribution in [1.29, 1.82) is 0 Å². The van der Waals surface area contributed by atoms with Gasteiger partial charge in [0.25, 0.3) is 0 Å². The zero-order chi connectivity index (χ0) is 22.0. The lowest BCUT2D eigenvalue weighted by atomic mass is 9.87. The molecule has 29 heavy (non-hydrogen) atoms. The van der Waals surface area contributed by atoms with Crippen molar-refractivity contribution in [3.63, 3.8) is 0 Å². The number of ether oxygens (including phenoxy) is 1. The van der Waals surface area contributed by atoms with Crippen LogP contribution in [0, 0.1) is 5.41 Å². The van der Waals surface area contributed by atoms with Crippen molar-refractivity contribution in [2.75, 3.05) is 26.2 Å². The Morgan fingerprint density at radius 3 is 1.97 bits per heavy atom. The van der Waals surface area contributed by atoms with Crippen molar-refractivity contribution >= 4 is 6.09 Å². The van der Waals surface area contributed by atoms with E-state index in [9.17, 15) is 18.0 Å². The number of amides is 1. The Hall–Kier alpha value is -1.76. The Kier molecular flexibility index (Phi) is 6.93. The molecule has 0 aliphatic carbocycles. The SMILES string of the molecule is CC(C)(C)Cc1cc(CN2CCN(C(=O)OC(C)(C)C)CC2)cc(C(F)(F)F)c1. The van der Waals surface area contributed by atoms with E-state index in [-0.39, 0.29) is 11.5 Å². The number of carbonyl (C=O) groups excluding carboxylic acids is 1. The molecule has 0 atom stereocenters. The molecule has 1 aliphatic rings. The number of nitrogens with zero attached hydrogens (tertiary/aromatic N) is 2. The van der Waals surface area contributed by atoms with E-state index in [4.69, 9.17) is 4.74 Å². The molecule has 0 saturated carbocycles. The van der Waals surface area contributed by atoms with Gasteiger partial charge in [0.15, 0.2) is 0 Å². The van der Waals surface area contributed by atoms with Crippen LogP contribution in [0.25, 0.3) is 0 Å². The maximum absolute atomic E-state index is 13.4. The largest absolute Gasteiger partial charge is 0.444 e. The first-order valence-electron chi connectivity index (χ1n) is 10.0. The van der Waals surface area contributed by atoms with Gasteiger partial charge in [0.1, 0.15) is 5.60 Å². The first kappa shape index (κ1) is 23.5. The molecule has 2 rings (SSSR count). The van der Waals surface area contributed by atoms with Crippen molar-refractivity contribution in [2.24, 2.45) is 5.41 Å². The molecule has 1 heterocycles. The molecule has 0 N–H and O–H groups in total. The van der Waals surface area contributed by atoms with Crippen LogP contribution in [0.3, 0.4) is 0 Å². The monoisotopic (exact) mass is 414 g/mol. The highest BCUT2D eigenvalue weighted by Gasteiger charge is 2.32. The molecule has 0 bridgehead atoms. The molecular weight excluding hydrogens is 381 g/mol. The zero-order valence-corrected chi connectivity index (χ0v) is 18.3. The van der Waals surface area contributed by atoms with E-state index in [0.29, 0.717) is 50.3 Å². The summed E-state index contributed by atoms with van der Waals surface area (Å²) in [6.45, 7) is 14.2. The Morgan fingerprint density at radius 2 is 1.48 bits per heavy atom. The zero-order valence-electron chi connectivity index (χ0n) is 18.3. The Balaban J connectivity index is 2.06. The van der Waals surface area contributed by atoms with Crippen molar-refractivity contribution in [2.45, 2.75) is 66.3 Å². The maximum atomic E-state index is 13.4. The first-order chi connectivity index (χ1) is 13.1. The van der Waals surface area contributed by atoms with Gasteiger partial charge in [-0.05, 0) is 55.9 Å². The fourth-order valence-corrected chi connectivity index (χ4v) is 3.41. The van der Waals surface area contributed by atoms with Crippen LogP contribution < -0.4 is 0 Å². The lowest BCUT2D eigenvalue weighted by Crippen LogP contribution is -2.49. The molecule has 0 spiro atoms. The van der Waals surface area contributed by atoms with Gasteiger partial charge in [-0.25, -0.2) is 4.79 Å². The summed E-state index contributed by atoms with van der Waals surface area (Å²) in [5, 5.41) is 0. The lowest BCUT2D eigenvalue weighted by molar-refractivity contribution is -0.137. The van der Waals surface area contributed by atoms with Crippen molar-refractivity contribution in [1.82, 2.24) is 9.80 Å². The van der Waals surface area contributed by atoms with E-state index in [0.717, 1.165) is 0 Å². The lowest BCUT2D eigenvalue weighted by Gasteiger charge is -2.35. The Bertz CT molecular complexity index is 710. The predicted molar refractivity (Wildman–Crippen MR) is 108 cm³/mol. The quantitative estimate of drug-likeness (QED) is 0.669. The number of alkyl halides is 3. The molecule has 0 radical (unpaired) electrons. The molecule has 1 fully saturated rings. The smallest absolute Gasteiger partial charge is 0.416 e. The van der Waals surface area contributed by atoms with Crippen molar-refractivity contribution < 1.29 is 22.7 Å². The number of hydrogen-bond acceptors (Lipinski definition) is 3. The summed E-state index contributed by atoms with van der Waals surface area (Å²) in [5.41, 5.74) is 0.122. The number of carbonyl (C=O) groups is 1. The summed E-state index contributed by atoms with van der Waals surface area (Å²) >= 11 is 0. The van der Waals surface area contributed by atoms with Gasteiger partial charge in [-0.15, -0.1) is 0 Å². The van der Waals surface area contributed by atoms with E-state index in [1.54, 1.807) is 4.90 Å². The van der Waals surface area contributed by atoms with Gasteiger partial charge in [0.05, 0.1) is 5.56 Å². The van der Waals surface area contributed by atoms with E-state index in [2.05, 4.69) is 4.90 Å². The Labute approximate surface area is 172 Å².